The van der Waals surface area contributed by atoms with Crippen LogP contribution in [0.25, 0.3) is 17.0 Å². The van der Waals surface area contributed by atoms with Crippen molar-refractivity contribution in [3.8, 4) is 11.3 Å². The molecule has 0 saturated carbocycles. The van der Waals surface area contributed by atoms with E-state index < -0.39 is 0 Å². The average Bonchev–Trinajstić information content (AvgIpc) is 3.03. The van der Waals surface area contributed by atoms with Crippen LogP contribution < -0.4 is 5.56 Å². The van der Waals surface area contributed by atoms with E-state index in [4.69, 9.17) is 4.98 Å². The van der Waals surface area contributed by atoms with Gasteiger partial charge in [0.2, 0.25) is 5.78 Å². The van der Waals surface area contributed by atoms with Gasteiger partial charge in [-0.15, -0.1) is 5.10 Å². The molecule has 5 nitrogen and oxygen atoms in total. The number of hydrogen-bond donors (Lipinski definition) is 0. The minimum absolute atomic E-state index is 0.0605. The van der Waals surface area contributed by atoms with Crippen molar-refractivity contribution < 1.29 is 0 Å². The van der Waals surface area contributed by atoms with E-state index in [0.717, 1.165) is 59.8 Å². The summed E-state index contributed by atoms with van der Waals surface area (Å²) in [6, 6.07) is 8.39. The first kappa shape index (κ1) is 19.2. The lowest BCUT2D eigenvalue weighted by Gasteiger charge is -2.37. The van der Waals surface area contributed by atoms with Gasteiger partial charge in [-0.3, -0.25) is 4.79 Å². The van der Waals surface area contributed by atoms with Gasteiger partial charge in [-0.25, -0.2) is 14.1 Å². The van der Waals surface area contributed by atoms with E-state index in [0.29, 0.717) is 5.78 Å². The lowest BCUT2D eigenvalue weighted by atomic mass is 9.66. The molecule has 1 aromatic carbocycles. The third-order valence-electron chi connectivity index (χ3n) is 6.20. The number of nitrogens with zero attached hydrogens (tertiary/aromatic N) is 4. The van der Waals surface area contributed by atoms with E-state index in [1.54, 1.807) is 20.8 Å². The van der Waals surface area contributed by atoms with Gasteiger partial charge in [-0.2, -0.15) is 0 Å². The molecule has 0 atom stereocenters. The summed E-state index contributed by atoms with van der Waals surface area (Å²) in [5, 5.41) is 5.38. The van der Waals surface area contributed by atoms with Crippen LogP contribution in [0.4, 0.5) is 0 Å². The van der Waals surface area contributed by atoms with Gasteiger partial charge in [0.25, 0.3) is 5.56 Å². The van der Waals surface area contributed by atoms with Crippen molar-refractivity contribution in [2.75, 3.05) is 5.75 Å². The number of thioether (sulfide) groups is 1. The van der Waals surface area contributed by atoms with Crippen LogP contribution in [0.1, 0.15) is 57.6 Å². The molecule has 0 radical (unpaired) electrons. The average molecular weight is 397 g/mol. The van der Waals surface area contributed by atoms with Crippen LogP contribution in [0.5, 0.6) is 0 Å². The topological polar surface area (TPSA) is 52.2 Å². The zero-order valence-corrected chi connectivity index (χ0v) is 18.0. The summed E-state index contributed by atoms with van der Waals surface area (Å²) in [5.41, 5.74) is 3.99. The fraction of sp³-hybridized carbons (Fsp3) is 0.500. The van der Waals surface area contributed by atoms with E-state index >= 15 is 0 Å². The van der Waals surface area contributed by atoms with Gasteiger partial charge < -0.3 is 0 Å². The predicted molar refractivity (Wildman–Crippen MR) is 115 cm³/mol. The number of benzene rings is 1. The zero-order valence-electron chi connectivity index (χ0n) is 17.2. The fourth-order valence-corrected chi connectivity index (χ4v) is 5.49. The van der Waals surface area contributed by atoms with Gasteiger partial charge in [0.05, 0.1) is 11.3 Å². The summed E-state index contributed by atoms with van der Waals surface area (Å²) in [6.07, 6.45) is 4.98. The lowest BCUT2D eigenvalue weighted by Crippen LogP contribution is -2.39. The molecule has 0 amide bonds. The molecule has 1 aliphatic rings. The van der Waals surface area contributed by atoms with E-state index in [1.165, 1.54) is 5.56 Å². The molecule has 0 saturated heterocycles. The largest absolute Gasteiger partial charge is 0.268 e. The van der Waals surface area contributed by atoms with E-state index in [2.05, 4.69) is 44.1 Å². The highest BCUT2D eigenvalue weighted by Gasteiger charge is 2.40. The third-order valence-corrected chi connectivity index (χ3v) is 7.21. The quantitative estimate of drug-likeness (QED) is 0.451. The van der Waals surface area contributed by atoms with Crippen molar-refractivity contribution >= 4 is 17.5 Å². The molecule has 0 N–H and O–H groups in total. The Morgan fingerprint density at radius 1 is 1.18 bits per heavy atom. The predicted octanol–water partition coefficient (Wildman–Crippen LogP) is 4.60. The van der Waals surface area contributed by atoms with Crippen molar-refractivity contribution in [3.05, 3.63) is 45.7 Å². The van der Waals surface area contributed by atoms with E-state index in [-0.39, 0.29) is 11.0 Å². The van der Waals surface area contributed by atoms with Crippen LogP contribution in [0.2, 0.25) is 0 Å². The SMILES string of the molecule is CCCCSc1nn(C)c2nc3c(c(=O)n12)C(CC)(CC)Cc1ccccc1-3. The van der Waals surface area contributed by atoms with Gasteiger partial charge in [0, 0.05) is 23.8 Å². The fourth-order valence-electron chi connectivity index (χ4n) is 4.40. The second-order valence-corrected chi connectivity index (χ2v) is 8.77. The van der Waals surface area contributed by atoms with Crippen molar-refractivity contribution in [1.29, 1.82) is 0 Å². The maximum Gasteiger partial charge on any atom is 0.265 e. The van der Waals surface area contributed by atoms with Crippen LogP contribution in [-0.4, -0.2) is 24.9 Å². The van der Waals surface area contributed by atoms with Crippen LogP contribution in [0.3, 0.4) is 0 Å². The van der Waals surface area contributed by atoms with Crippen LogP contribution in [-0.2, 0) is 18.9 Å². The zero-order chi connectivity index (χ0) is 19.9. The molecule has 1 aliphatic carbocycles. The first-order chi connectivity index (χ1) is 13.6. The normalized spacial score (nSPS) is 14.9. The highest BCUT2D eigenvalue weighted by Crippen LogP contribution is 2.44. The van der Waals surface area contributed by atoms with Crippen LogP contribution >= 0.6 is 11.8 Å². The Morgan fingerprint density at radius 2 is 1.93 bits per heavy atom. The Morgan fingerprint density at radius 3 is 2.64 bits per heavy atom. The summed E-state index contributed by atoms with van der Waals surface area (Å²) in [7, 11) is 1.87. The maximum atomic E-state index is 13.8. The summed E-state index contributed by atoms with van der Waals surface area (Å²) in [5.74, 6) is 1.59. The van der Waals surface area contributed by atoms with Crippen molar-refractivity contribution in [3.63, 3.8) is 0 Å². The highest BCUT2D eigenvalue weighted by atomic mass is 32.2. The minimum Gasteiger partial charge on any atom is -0.268 e. The Balaban J connectivity index is 2.03. The molecule has 0 bridgehead atoms. The number of aryl methyl sites for hydroxylation is 1. The van der Waals surface area contributed by atoms with Crippen molar-refractivity contribution in [2.24, 2.45) is 7.05 Å². The van der Waals surface area contributed by atoms with E-state index in [1.807, 2.05) is 13.1 Å². The highest BCUT2D eigenvalue weighted by molar-refractivity contribution is 7.99. The van der Waals surface area contributed by atoms with Gasteiger partial charge in [0.15, 0.2) is 5.16 Å². The van der Waals surface area contributed by atoms with Crippen molar-refractivity contribution in [1.82, 2.24) is 19.2 Å². The molecular weight excluding hydrogens is 368 g/mol. The monoisotopic (exact) mass is 396 g/mol. The first-order valence-electron chi connectivity index (χ1n) is 10.3. The molecule has 6 heteroatoms. The molecule has 0 spiro atoms. The van der Waals surface area contributed by atoms with Crippen LogP contribution in [0.15, 0.2) is 34.2 Å². The molecule has 0 unspecified atom stereocenters. The molecule has 28 heavy (non-hydrogen) atoms. The maximum absolute atomic E-state index is 13.8. The van der Waals surface area contributed by atoms with E-state index in [9.17, 15) is 4.79 Å². The minimum atomic E-state index is -0.170. The smallest absolute Gasteiger partial charge is 0.265 e. The lowest BCUT2D eigenvalue weighted by molar-refractivity contribution is 0.382. The number of rotatable bonds is 6. The molecule has 0 fully saturated rings. The third kappa shape index (κ3) is 2.81. The molecule has 3 aromatic rings. The number of fused-ring (bicyclic) bond motifs is 4. The summed E-state index contributed by atoms with van der Waals surface area (Å²) < 4.78 is 3.49. The second-order valence-electron chi connectivity index (χ2n) is 7.71. The Kier molecular flexibility index (Phi) is 5.08. The number of aromatic nitrogens is 4. The second kappa shape index (κ2) is 7.39. The standard InChI is InChI=1S/C22H28N4OS/c1-5-8-13-28-21-24-25(4)20-23-18-16-12-10-9-11-15(16)14-22(6-2,7-3)17(18)19(27)26(20)21/h9-12H,5-8,13-14H2,1-4H3. The van der Waals surface area contributed by atoms with Gasteiger partial charge in [0.1, 0.15) is 0 Å². The summed E-state index contributed by atoms with van der Waals surface area (Å²) >= 11 is 1.65. The number of hydrogen-bond acceptors (Lipinski definition) is 4. The Bertz CT molecular complexity index is 1080. The van der Waals surface area contributed by atoms with Crippen molar-refractivity contribution in [2.45, 2.75) is 63.4 Å². The first-order valence-corrected chi connectivity index (χ1v) is 11.3. The van der Waals surface area contributed by atoms with Gasteiger partial charge in [-0.1, -0.05) is 63.2 Å². The van der Waals surface area contributed by atoms with Gasteiger partial charge >= 0.3 is 0 Å². The van der Waals surface area contributed by atoms with Gasteiger partial charge in [-0.05, 0) is 31.2 Å². The summed E-state index contributed by atoms with van der Waals surface area (Å²) in [4.78, 5) is 18.8. The molecule has 0 aliphatic heterocycles. The molecule has 2 heterocycles. The Hall–Kier alpha value is -2.08. The molecule has 2 aromatic heterocycles. The summed E-state index contributed by atoms with van der Waals surface area (Å²) in [6.45, 7) is 6.56. The van der Waals surface area contributed by atoms with Crippen LogP contribution in [0, 0.1) is 0 Å². The number of unbranched alkanes of at least 4 members (excludes halogenated alkanes) is 1. The molecular formula is C22H28N4OS. The molecule has 4 rings (SSSR count). The molecule has 148 valence electrons. The Labute approximate surface area is 170 Å².